The predicted octanol–water partition coefficient (Wildman–Crippen LogP) is 2.35. The zero-order valence-corrected chi connectivity index (χ0v) is 8.36. The van der Waals surface area contributed by atoms with E-state index >= 15 is 0 Å². The van der Waals surface area contributed by atoms with Crippen molar-refractivity contribution in [2.24, 2.45) is 5.73 Å². The van der Waals surface area contributed by atoms with E-state index in [1.165, 1.54) is 0 Å². The Morgan fingerprint density at radius 1 is 1.27 bits per heavy atom. The molecule has 0 aliphatic carbocycles. The lowest BCUT2D eigenvalue weighted by Crippen LogP contribution is -2.10. The molecular weight excluding hydrogens is 190 g/mol. The van der Waals surface area contributed by atoms with Gasteiger partial charge in [-0.2, -0.15) is 0 Å². The molecule has 15 heavy (non-hydrogen) atoms. The number of hydrogen-bond acceptors (Lipinski definition) is 2. The fourth-order valence-electron chi connectivity index (χ4n) is 1.50. The van der Waals surface area contributed by atoms with Crippen LogP contribution in [0.5, 0.6) is 0 Å². The Morgan fingerprint density at radius 2 is 1.93 bits per heavy atom. The van der Waals surface area contributed by atoms with Crippen molar-refractivity contribution in [2.45, 2.75) is 6.92 Å². The van der Waals surface area contributed by atoms with Crippen molar-refractivity contribution in [1.82, 2.24) is 0 Å². The smallest absolute Gasteiger partial charge is 0.252 e. The monoisotopic (exact) mass is 201 g/mol. The van der Waals surface area contributed by atoms with E-state index in [-0.39, 0.29) is 0 Å². The summed E-state index contributed by atoms with van der Waals surface area (Å²) < 4.78 is 5.46. The largest absolute Gasteiger partial charge is 0.461 e. The summed E-state index contributed by atoms with van der Waals surface area (Å²) in [4.78, 5) is 11.2. The van der Waals surface area contributed by atoms with E-state index < -0.39 is 5.91 Å². The summed E-state index contributed by atoms with van der Waals surface area (Å²) in [6, 6.07) is 11.1. The average molecular weight is 201 g/mol. The van der Waals surface area contributed by atoms with Crippen LogP contribution >= 0.6 is 0 Å². The minimum Gasteiger partial charge on any atom is -0.461 e. The van der Waals surface area contributed by atoms with Gasteiger partial charge in [0.1, 0.15) is 11.5 Å². The van der Waals surface area contributed by atoms with Gasteiger partial charge in [0.2, 0.25) is 0 Å². The van der Waals surface area contributed by atoms with Crippen LogP contribution in [0, 0.1) is 6.92 Å². The zero-order chi connectivity index (χ0) is 10.8. The van der Waals surface area contributed by atoms with Crippen LogP contribution in [-0.4, -0.2) is 5.91 Å². The van der Waals surface area contributed by atoms with Gasteiger partial charge in [-0.1, -0.05) is 30.3 Å². The predicted molar refractivity (Wildman–Crippen MR) is 57.4 cm³/mol. The number of primary amides is 1. The third-order valence-electron chi connectivity index (χ3n) is 2.16. The molecule has 0 aliphatic rings. The van der Waals surface area contributed by atoms with Gasteiger partial charge < -0.3 is 10.2 Å². The maximum absolute atomic E-state index is 11.2. The van der Waals surface area contributed by atoms with Gasteiger partial charge in [0.05, 0.1) is 5.56 Å². The lowest BCUT2D eigenvalue weighted by Gasteiger charge is -1.98. The van der Waals surface area contributed by atoms with Crippen molar-refractivity contribution in [3.05, 3.63) is 47.7 Å². The normalized spacial score (nSPS) is 10.2. The molecule has 0 spiro atoms. The molecule has 0 radical (unpaired) electrons. The van der Waals surface area contributed by atoms with E-state index in [9.17, 15) is 4.79 Å². The summed E-state index contributed by atoms with van der Waals surface area (Å²) in [6.07, 6.45) is 0. The summed E-state index contributed by atoms with van der Waals surface area (Å²) in [5, 5.41) is 0. The highest BCUT2D eigenvalue weighted by atomic mass is 16.3. The molecular formula is C12H11NO2. The SMILES string of the molecule is Cc1cc(C(N)=O)c(-c2ccccc2)o1. The molecule has 3 nitrogen and oxygen atoms in total. The van der Waals surface area contributed by atoms with E-state index in [1.807, 2.05) is 30.3 Å². The van der Waals surface area contributed by atoms with Crippen molar-refractivity contribution >= 4 is 5.91 Å². The van der Waals surface area contributed by atoms with E-state index in [4.69, 9.17) is 10.2 Å². The van der Waals surface area contributed by atoms with Crippen molar-refractivity contribution in [3.63, 3.8) is 0 Å². The summed E-state index contributed by atoms with van der Waals surface area (Å²) in [6.45, 7) is 1.79. The Balaban J connectivity index is 2.58. The molecule has 0 saturated heterocycles. The molecule has 3 heteroatoms. The second-order valence-corrected chi connectivity index (χ2v) is 3.33. The topological polar surface area (TPSA) is 56.2 Å². The van der Waals surface area contributed by atoms with Gasteiger partial charge >= 0.3 is 0 Å². The van der Waals surface area contributed by atoms with Crippen LogP contribution in [0.25, 0.3) is 11.3 Å². The summed E-state index contributed by atoms with van der Waals surface area (Å²) in [5.41, 5.74) is 6.56. The highest BCUT2D eigenvalue weighted by Crippen LogP contribution is 2.26. The van der Waals surface area contributed by atoms with Crippen LogP contribution in [0.3, 0.4) is 0 Å². The highest BCUT2D eigenvalue weighted by molar-refractivity contribution is 5.98. The first kappa shape index (κ1) is 9.52. The van der Waals surface area contributed by atoms with Gasteiger partial charge in [-0.3, -0.25) is 4.79 Å². The van der Waals surface area contributed by atoms with Crippen LogP contribution in [0.4, 0.5) is 0 Å². The minimum absolute atomic E-state index is 0.429. The maximum atomic E-state index is 11.2. The number of rotatable bonds is 2. The number of benzene rings is 1. The highest BCUT2D eigenvalue weighted by Gasteiger charge is 2.14. The number of amides is 1. The van der Waals surface area contributed by atoms with Crippen molar-refractivity contribution < 1.29 is 9.21 Å². The van der Waals surface area contributed by atoms with E-state index in [0.29, 0.717) is 17.1 Å². The van der Waals surface area contributed by atoms with Crippen LogP contribution in [-0.2, 0) is 0 Å². The lowest BCUT2D eigenvalue weighted by atomic mass is 10.1. The molecule has 0 saturated carbocycles. The fraction of sp³-hybridized carbons (Fsp3) is 0.0833. The molecule has 0 unspecified atom stereocenters. The third-order valence-corrected chi connectivity index (χ3v) is 2.16. The number of carbonyl (C=O) groups excluding carboxylic acids is 1. The molecule has 1 aromatic carbocycles. The minimum atomic E-state index is -0.467. The van der Waals surface area contributed by atoms with Crippen molar-refractivity contribution in [1.29, 1.82) is 0 Å². The fourth-order valence-corrected chi connectivity index (χ4v) is 1.50. The molecule has 1 heterocycles. The second-order valence-electron chi connectivity index (χ2n) is 3.33. The van der Waals surface area contributed by atoms with Crippen LogP contribution in [0.2, 0.25) is 0 Å². The molecule has 76 valence electrons. The Morgan fingerprint density at radius 3 is 2.53 bits per heavy atom. The van der Waals surface area contributed by atoms with Crippen LogP contribution in [0.1, 0.15) is 16.1 Å². The average Bonchev–Trinajstić information content (AvgIpc) is 2.62. The molecule has 0 bridgehead atoms. The molecule has 0 aliphatic heterocycles. The third kappa shape index (κ3) is 1.76. The van der Waals surface area contributed by atoms with E-state index in [0.717, 1.165) is 5.56 Å². The number of hydrogen-bond donors (Lipinski definition) is 1. The van der Waals surface area contributed by atoms with Gasteiger partial charge in [0.15, 0.2) is 0 Å². The molecule has 2 aromatic rings. The van der Waals surface area contributed by atoms with Gasteiger partial charge in [-0.05, 0) is 13.0 Å². The summed E-state index contributed by atoms with van der Waals surface area (Å²) >= 11 is 0. The first-order chi connectivity index (χ1) is 7.18. The Kier molecular flexibility index (Phi) is 2.29. The molecule has 1 aromatic heterocycles. The molecule has 0 atom stereocenters. The summed E-state index contributed by atoms with van der Waals surface area (Å²) in [7, 11) is 0. The van der Waals surface area contributed by atoms with Gasteiger partial charge in [-0.25, -0.2) is 0 Å². The quantitative estimate of drug-likeness (QED) is 0.810. The van der Waals surface area contributed by atoms with Gasteiger partial charge in [0, 0.05) is 5.56 Å². The summed E-state index contributed by atoms with van der Waals surface area (Å²) in [5.74, 6) is 0.758. The Hall–Kier alpha value is -2.03. The van der Waals surface area contributed by atoms with Gasteiger partial charge in [0.25, 0.3) is 5.91 Å². The standard InChI is InChI=1S/C12H11NO2/c1-8-7-10(12(13)14)11(15-8)9-5-3-2-4-6-9/h2-7H,1H3,(H2,13,14). The maximum Gasteiger partial charge on any atom is 0.252 e. The number of carbonyl (C=O) groups is 1. The first-order valence-electron chi connectivity index (χ1n) is 4.64. The van der Waals surface area contributed by atoms with Crippen LogP contribution in [0.15, 0.2) is 40.8 Å². The number of aryl methyl sites for hydroxylation is 1. The van der Waals surface area contributed by atoms with Gasteiger partial charge in [-0.15, -0.1) is 0 Å². The van der Waals surface area contributed by atoms with E-state index in [1.54, 1.807) is 13.0 Å². The number of nitrogens with two attached hydrogens (primary N) is 1. The van der Waals surface area contributed by atoms with Crippen LogP contribution < -0.4 is 5.73 Å². The molecule has 0 fully saturated rings. The van der Waals surface area contributed by atoms with Crippen molar-refractivity contribution in [2.75, 3.05) is 0 Å². The molecule has 2 N–H and O–H groups in total. The van der Waals surface area contributed by atoms with Crippen molar-refractivity contribution in [3.8, 4) is 11.3 Å². The van der Waals surface area contributed by atoms with E-state index in [2.05, 4.69) is 0 Å². The Labute approximate surface area is 87.5 Å². The second kappa shape index (κ2) is 3.61. The first-order valence-corrected chi connectivity index (χ1v) is 4.64. The number of furan rings is 1. The molecule has 2 rings (SSSR count). The zero-order valence-electron chi connectivity index (χ0n) is 8.36. The Bertz CT molecular complexity index is 486. The lowest BCUT2D eigenvalue weighted by molar-refractivity contribution is 0.100. The molecule has 1 amide bonds.